The van der Waals surface area contributed by atoms with Gasteiger partial charge in [0.25, 0.3) is 0 Å². The third-order valence-electron chi connectivity index (χ3n) is 4.15. The minimum absolute atomic E-state index is 0.202. The number of carbonyl (C=O) groups is 1. The number of hydrogen-bond acceptors (Lipinski definition) is 3. The van der Waals surface area contributed by atoms with E-state index in [0.717, 1.165) is 12.8 Å². The minimum Gasteiger partial charge on any atom is -0.353 e. The maximum absolute atomic E-state index is 12.2. The number of amides is 1. The molecular weight excluding hydrogens is 244 g/mol. The molecule has 2 N–H and O–H groups in total. The molecule has 4 atom stereocenters. The zero-order valence-corrected chi connectivity index (χ0v) is 11.5. The fourth-order valence-corrected chi connectivity index (χ4v) is 3.96. The summed E-state index contributed by atoms with van der Waals surface area (Å²) in [4.78, 5) is 12.2. The van der Waals surface area contributed by atoms with Crippen LogP contribution in [0.5, 0.6) is 0 Å². The fourth-order valence-electron chi connectivity index (χ4n) is 3.28. The van der Waals surface area contributed by atoms with E-state index in [0.29, 0.717) is 12.1 Å². The van der Waals surface area contributed by atoms with Crippen LogP contribution in [-0.2, 0) is 11.2 Å². The van der Waals surface area contributed by atoms with Crippen molar-refractivity contribution in [2.45, 2.75) is 50.7 Å². The summed E-state index contributed by atoms with van der Waals surface area (Å²) in [6, 6.07) is 3.39. The number of fused-ring (bicyclic) bond motifs is 2. The lowest BCUT2D eigenvalue weighted by molar-refractivity contribution is -0.126. The normalized spacial score (nSPS) is 31.5. The smallest absolute Gasteiger partial charge is 0.224 e. The van der Waals surface area contributed by atoms with Crippen molar-refractivity contribution in [1.82, 2.24) is 10.6 Å². The van der Waals surface area contributed by atoms with Crippen LogP contribution >= 0.6 is 11.3 Å². The van der Waals surface area contributed by atoms with E-state index >= 15 is 0 Å². The van der Waals surface area contributed by atoms with Crippen LogP contribution in [0.15, 0.2) is 16.8 Å². The third-order valence-corrected chi connectivity index (χ3v) is 4.88. The summed E-state index contributed by atoms with van der Waals surface area (Å²) < 4.78 is 0. The molecule has 2 saturated heterocycles. The Kier molecular flexibility index (Phi) is 3.39. The highest BCUT2D eigenvalue weighted by Gasteiger charge is 2.42. The van der Waals surface area contributed by atoms with Crippen LogP contribution in [-0.4, -0.2) is 24.0 Å². The molecular formula is C14H20N2OS. The highest BCUT2D eigenvalue weighted by atomic mass is 32.1. The summed E-state index contributed by atoms with van der Waals surface area (Å²) in [5.74, 6) is 0.450. The molecule has 98 valence electrons. The molecule has 1 amide bonds. The summed E-state index contributed by atoms with van der Waals surface area (Å²) >= 11 is 1.71. The van der Waals surface area contributed by atoms with Gasteiger partial charge in [-0.05, 0) is 55.0 Å². The second kappa shape index (κ2) is 5.02. The SMILES string of the molecule is CC(Cc1ccsc1)NC(=O)C1CC2CCC1N2. The molecule has 1 aromatic rings. The molecule has 2 aliphatic heterocycles. The Morgan fingerprint density at radius 3 is 3.11 bits per heavy atom. The van der Waals surface area contributed by atoms with E-state index in [1.807, 2.05) is 0 Å². The topological polar surface area (TPSA) is 41.1 Å². The van der Waals surface area contributed by atoms with E-state index in [1.165, 1.54) is 18.4 Å². The van der Waals surface area contributed by atoms with Crippen molar-refractivity contribution in [3.05, 3.63) is 22.4 Å². The van der Waals surface area contributed by atoms with Crippen LogP contribution in [0.3, 0.4) is 0 Å². The molecule has 18 heavy (non-hydrogen) atoms. The maximum Gasteiger partial charge on any atom is 0.224 e. The highest BCUT2D eigenvalue weighted by molar-refractivity contribution is 7.07. The van der Waals surface area contributed by atoms with Gasteiger partial charge in [0.2, 0.25) is 5.91 Å². The zero-order valence-electron chi connectivity index (χ0n) is 10.7. The van der Waals surface area contributed by atoms with E-state index in [1.54, 1.807) is 11.3 Å². The van der Waals surface area contributed by atoms with Crippen LogP contribution in [0.2, 0.25) is 0 Å². The predicted molar refractivity (Wildman–Crippen MR) is 73.7 cm³/mol. The Hall–Kier alpha value is -0.870. The first-order chi connectivity index (χ1) is 8.72. The number of rotatable bonds is 4. The summed E-state index contributed by atoms with van der Waals surface area (Å²) in [7, 11) is 0. The Morgan fingerprint density at radius 2 is 2.50 bits per heavy atom. The van der Waals surface area contributed by atoms with Crippen molar-refractivity contribution in [2.75, 3.05) is 0 Å². The molecule has 0 saturated carbocycles. The molecule has 2 bridgehead atoms. The first-order valence-corrected chi connectivity index (χ1v) is 7.74. The molecule has 4 unspecified atom stereocenters. The van der Waals surface area contributed by atoms with Crippen molar-refractivity contribution >= 4 is 17.2 Å². The molecule has 0 aliphatic carbocycles. The van der Waals surface area contributed by atoms with E-state index in [-0.39, 0.29) is 17.9 Å². The fraction of sp³-hybridized carbons (Fsp3) is 0.643. The van der Waals surface area contributed by atoms with E-state index in [4.69, 9.17) is 0 Å². The molecule has 3 nitrogen and oxygen atoms in total. The number of thiophene rings is 1. The molecule has 0 spiro atoms. The Balaban J connectivity index is 1.51. The van der Waals surface area contributed by atoms with Gasteiger partial charge in [0.15, 0.2) is 0 Å². The number of carbonyl (C=O) groups excluding carboxylic acids is 1. The Morgan fingerprint density at radius 1 is 1.61 bits per heavy atom. The second-order valence-electron chi connectivity index (χ2n) is 5.63. The lowest BCUT2D eigenvalue weighted by Gasteiger charge is -2.22. The highest BCUT2D eigenvalue weighted by Crippen LogP contribution is 2.33. The quantitative estimate of drug-likeness (QED) is 0.872. The minimum atomic E-state index is 0.202. The average Bonchev–Trinajstić information content (AvgIpc) is 3.04. The lowest BCUT2D eigenvalue weighted by atomic mass is 9.88. The van der Waals surface area contributed by atoms with Crippen LogP contribution in [0, 0.1) is 5.92 Å². The average molecular weight is 264 g/mol. The maximum atomic E-state index is 12.2. The molecule has 0 radical (unpaired) electrons. The second-order valence-corrected chi connectivity index (χ2v) is 6.42. The zero-order chi connectivity index (χ0) is 12.5. The van der Waals surface area contributed by atoms with Gasteiger partial charge in [0, 0.05) is 18.1 Å². The first kappa shape index (κ1) is 12.2. The van der Waals surface area contributed by atoms with Crippen LogP contribution in [0.1, 0.15) is 31.7 Å². The molecule has 4 heteroatoms. The van der Waals surface area contributed by atoms with Crippen molar-refractivity contribution in [1.29, 1.82) is 0 Å². The standard InChI is InChI=1S/C14H20N2OS/c1-9(6-10-4-5-18-8-10)15-14(17)12-7-11-2-3-13(12)16-11/h4-5,8-9,11-13,16H,2-3,6-7H2,1H3,(H,15,17). The molecule has 3 rings (SSSR count). The largest absolute Gasteiger partial charge is 0.353 e. The van der Waals surface area contributed by atoms with Gasteiger partial charge in [0.1, 0.15) is 0 Å². The number of nitrogens with one attached hydrogen (secondary N) is 2. The van der Waals surface area contributed by atoms with Crippen molar-refractivity contribution < 1.29 is 4.79 Å². The van der Waals surface area contributed by atoms with Crippen LogP contribution in [0.25, 0.3) is 0 Å². The molecule has 2 aliphatic rings. The van der Waals surface area contributed by atoms with Crippen molar-refractivity contribution in [2.24, 2.45) is 5.92 Å². The molecule has 2 fully saturated rings. The van der Waals surface area contributed by atoms with Gasteiger partial charge in [-0.1, -0.05) is 0 Å². The number of hydrogen-bond donors (Lipinski definition) is 2. The first-order valence-electron chi connectivity index (χ1n) is 6.80. The van der Waals surface area contributed by atoms with Gasteiger partial charge in [0.05, 0.1) is 5.92 Å². The van der Waals surface area contributed by atoms with Gasteiger partial charge in [-0.25, -0.2) is 0 Å². The van der Waals surface area contributed by atoms with E-state index in [2.05, 4.69) is 34.4 Å². The molecule has 0 aromatic carbocycles. The van der Waals surface area contributed by atoms with Crippen molar-refractivity contribution in [3.8, 4) is 0 Å². The summed E-state index contributed by atoms with van der Waals surface area (Å²) in [6.07, 6.45) is 4.38. The summed E-state index contributed by atoms with van der Waals surface area (Å²) in [5, 5.41) is 10.9. The molecule has 3 heterocycles. The van der Waals surface area contributed by atoms with Crippen LogP contribution < -0.4 is 10.6 Å². The Labute approximate surface area is 112 Å². The van der Waals surface area contributed by atoms with Gasteiger partial charge in [-0.3, -0.25) is 4.79 Å². The predicted octanol–water partition coefficient (Wildman–Crippen LogP) is 1.94. The van der Waals surface area contributed by atoms with Crippen LogP contribution in [0.4, 0.5) is 0 Å². The van der Waals surface area contributed by atoms with E-state index < -0.39 is 0 Å². The van der Waals surface area contributed by atoms with Gasteiger partial charge < -0.3 is 10.6 Å². The molecule has 1 aromatic heterocycles. The summed E-state index contributed by atoms with van der Waals surface area (Å²) in [6.45, 7) is 2.09. The van der Waals surface area contributed by atoms with Gasteiger partial charge >= 0.3 is 0 Å². The van der Waals surface area contributed by atoms with Gasteiger partial charge in [-0.15, -0.1) is 0 Å². The van der Waals surface area contributed by atoms with E-state index in [9.17, 15) is 4.79 Å². The third kappa shape index (κ3) is 2.45. The Bertz CT molecular complexity index is 417. The van der Waals surface area contributed by atoms with Crippen molar-refractivity contribution in [3.63, 3.8) is 0 Å². The summed E-state index contributed by atoms with van der Waals surface area (Å²) in [5.41, 5.74) is 1.32. The van der Waals surface area contributed by atoms with Gasteiger partial charge in [-0.2, -0.15) is 11.3 Å². The monoisotopic (exact) mass is 264 g/mol. The lowest BCUT2D eigenvalue weighted by Crippen LogP contribution is -2.42.